The molecule has 0 radical (unpaired) electrons. The Bertz CT molecular complexity index is 621. The molecule has 5 N–H and O–H groups in total. The van der Waals surface area contributed by atoms with Crippen LogP contribution in [0, 0.1) is 0 Å². The second-order valence-corrected chi connectivity index (χ2v) is 5.80. The number of fused-ring (bicyclic) bond motifs is 1. The van der Waals surface area contributed by atoms with E-state index in [2.05, 4.69) is 15.6 Å². The molecule has 0 atom stereocenters. The summed E-state index contributed by atoms with van der Waals surface area (Å²) in [4.78, 5) is 16.0. The number of para-hydroxylation sites is 1. The van der Waals surface area contributed by atoms with Crippen LogP contribution in [-0.4, -0.2) is 35.9 Å². The fourth-order valence-electron chi connectivity index (χ4n) is 2.09. The Labute approximate surface area is 130 Å². The molecule has 0 unspecified atom stereocenters. The maximum atomic E-state index is 11.6. The van der Waals surface area contributed by atoms with Gasteiger partial charge < -0.3 is 21.5 Å². The number of amides is 1. The third-order valence-corrected chi connectivity index (χ3v) is 3.42. The predicted octanol–water partition coefficient (Wildman–Crippen LogP) is 1.58. The standard InChI is InChI=1S/C16H22N4O2/c1-16(2,10-21)19-9-11(8-17)12-4-3-5-13-15(12)18-7-6-14(22)20-13/h3-5,8-9,18,21H,6-7,10,17H2,1-2H3,(H,20,22). The summed E-state index contributed by atoms with van der Waals surface area (Å²) >= 11 is 0. The first-order valence-electron chi connectivity index (χ1n) is 7.22. The van der Waals surface area contributed by atoms with Crippen molar-refractivity contribution in [3.8, 4) is 0 Å². The fraction of sp³-hybridized carbons (Fsp3) is 0.375. The van der Waals surface area contributed by atoms with Gasteiger partial charge in [0, 0.05) is 36.5 Å². The number of aliphatic hydroxyl groups excluding tert-OH is 1. The molecule has 0 aromatic heterocycles. The summed E-state index contributed by atoms with van der Waals surface area (Å²) in [5.41, 5.74) is 8.32. The van der Waals surface area contributed by atoms with Gasteiger partial charge in [0.25, 0.3) is 0 Å². The SMILES string of the molecule is CC(C)(CO)N=CC(=CN)c1cccc2c1NCCC(=O)N2. The zero-order valence-corrected chi connectivity index (χ0v) is 12.9. The van der Waals surface area contributed by atoms with Crippen LogP contribution in [0.1, 0.15) is 25.8 Å². The minimum Gasteiger partial charge on any atom is -0.404 e. The lowest BCUT2D eigenvalue weighted by atomic mass is 10.0. The van der Waals surface area contributed by atoms with Crippen molar-refractivity contribution < 1.29 is 9.90 Å². The number of hydrogen-bond donors (Lipinski definition) is 4. The van der Waals surface area contributed by atoms with E-state index in [1.807, 2.05) is 32.0 Å². The highest BCUT2D eigenvalue weighted by Gasteiger charge is 2.18. The lowest BCUT2D eigenvalue weighted by molar-refractivity contribution is -0.115. The van der Waals surface area contributed by atoms with E-state index in [0.717, 1.165) is 22.5 Å². The van der Waals surface area contributed by atoms with E-state index >= 15 is 0 Å². The molecule has 0 fully saturated rings. The molecule has 0 aliphatic carbocycles. The maximum Gasteiger partial charge on any atom is 0.226 e. The Morgan fingerprint density at radius 3 is 2.95 bits per heavy atom. The minimum atomic E-state index is -0.568. The number of benzene rings is 1. The number of nitrogens with two attached hydrogens (primary N) is 1. The number of aliphatic imine (C=N–C) groups is 1. The number of carbonyl (C=O) groups is 1. The number of allylic oxidation sites excluding steroid dienone is 1. The lowest BCUT2D eigenvalue weighted by Gasteiger charge is -2.17. The van der Waals surface area contributed by atoms with Crippen LogP contribution >= 0.6 is 0 Å². The molecule has 1 heterocycles. The van der Waals surface area contributed by atoms with Crippen molar-refractivity contribution >= 4 is 29.1 Å². The molecular weight excluding hydrogens is 280 g/mol. The van der Waals surface area contributed by atoms with Crippen LogP contribution in [-0.2, 0) is 4.79 Å². The smallest absolute Gasteiger partial charge is 0.226 e. The monoisotopic (exact) mass is 302 g/mol. The number of anilines is 2. The van der Waals surface area contributed by atoms with Gasteiger partial charge in [-0.25, -0.2) is 0 Å². The Morgan fingerprint density at radius 1 is 1.50 bits per heavy atom. The molecule has 0 saturated heterocycles. The maximum absolute atomic E-state index is 11.6. The van der Waals surface area contributed by atoms with Crippen LogP contribution in [0.2, 0.25) is 0 Å². The molecular formula is C16H22N4O2. The van der Waals surface area contributed by atoms with Gasteiger partial charge in [-0.1, -0.05) is 12.1 Å². The molecule has 118 valence electrons. The van der Waals surface area contributed by atoms with Crippen molar-refractivity contribution in [1.82, 2.24) is 0 Å². The molecule has 0 saturated carbocycles. The first-order valence-corrected chi connectivity index (χ1v) is 7.22. The van der Waals surface area contributed by atoms with E-state index < -0.39 is 5.54 Å². The first-order chi connectivity index (χ1) is 10.5. The molecule has 1 aliphatic heterocycles. The van der Waals surface area contributed by atoms with Gasteiger partial charge in [0.2, 0.25) is 5.91 Å². The Kier molecular flexibility index (Phi) is 4.82. The molecule has 0 bridgehead atoms. The van der Waals surface area contributed by atoms with Crippen LogP contribution in [0.5, 0.6) is 0 Å². The predicted molar refractivity (Wildman–Crippen MR) is 90.0 cm³/mol. The second kappa shape index (κ2) is 6.62. The van der Waals surface area contributed by atoms with E-state index in [1.54, 1.807) is 6.21 Å². The topological polar surface area (TPSA) is 99.7 Å². The largest absolute Gasteiger partial charge is 0.404 e. The van der Waals surface area contributed by atoms with Crippen molar-refractivity contribution in [3.63, 3.8) is 0 Å². The molecule has 1 aromatic rings. The summed E-state index contributed by atoms with van der Waals surface area (Å²) in [6, 6.07) is 5.62. The highest BCUT2D eigenvalue weighted by atomic mass is 16.3. The average Bonchev–Trinajstić information content (AvgIpc) is 2.68. The summed E-state index contributed by atoms with van der Waals surface area (Å²) in [5.74, 6) is -0.0169. The van der Waals surface area contributed by atoms with E-state index in [1.165, 1.54) is 6.20 Å². The molecule has 6 heteroatoms. The second-order valence-electron chi connectivity index (χ2n) is 5.80. The number of nitrogens with zero attached hydrogens (tertiary/aromatic N) is 1. The Hall–Kier alpha value is -2.34. The van der Waals surface area contributed by atoms with E-state index in [-0.39, 0.29) is 12.5 Å². The van der Waals surface area contributed by atoms with Gasteiger partial charge in [-0.15, -0.1) is 0 Å². The molecule has 1 amide bonds. The van der Waals surface area contributed by atoms with Gasteiger partial charge >= 0.3 is 0 Å². The van der Waals surface area contributed by atoms with Gasteiger partial charge in [-0.2, -0.15) is 0 Å². The molecule has 2 rings (SSSR count). The zero-order chi connectivity index (χ0) is 16.2. The van der Waals surface area contributed by atoms with Crippen molar-refractivity contribution in [2.75, 3.05) is 23.8 Å². The van der Waals surface area contributed by atoms with Gasteiger partial charge in [0.05, 0.1) is 23.5 Å². The summed E-state index contributed by atoms with van der Waals surface area (Å²) in [6.45, 7) is 4.18. The number of carbonyl (C=O) groups excluding carboxylic acids is 1. The molecule has 22 heavy (non-hydrogen) atoms. The first kappa shape index (κ1) is 16.0. The van der Waals surface area contributed by atoms with Crippen LogP contribution in [0.3, 0.4) is 0 Å². The van der Waals surface area contributed by atoms with Crippen LogP contribution in [0.25, 0.3) is 5.57 Å². The zero-order valence-electron chi connectivity index (χ0n) is 12.9. The van der Waals surface area contributed by atoms with Crippen molar-refractivity contribution in [3.05, 3.63) is 30.0 Å². The number of hydrogen-bond acceptors (Lipinski definition) is 5. The summed E-state index contributed by atoms with van der Waals surface area (Å²) in [6.07, 6.45) is 3.54. The summed E-state index contributed by atoms with van der Waals surface area (Å²) < 4.78 is 0. The third kappa shape index (κ3) is 3.65. The highest BCUT2D eigenvalue weighted by molar-refractivity contribution is 6.13. The highest BCUT2D eigenvalue weighted by Crippen LogP contribution is 2.32. The number of nitrogens with one attached hydrogen (secondary N) is 2. The van der Waals surface area contributed by atoms with Gasteiger partial charge in [0.1, 0.15) is 0 Å². The van der Waals surface area contributed by atoms with Gasteiger partial charge in [-0.05, 0) is 19.9 Å². The van der Waals surface area contributed by atoms with Gasteiger partial charge in [0.15, 0.2) is 0 Å². The Balaban J connectivity index is 2.39. The van der Waals surface area contributed by atoms with Crippen LogP contribution < -0.4 is 16.4 Å². The quantitative estimate of drug-likeness (QED) is 0.634. The minimum absolute atomic E-state index is 0.0169. The fourth-order valence-corrected chi connectivity index (χ4v) is 2.09. The lowest BCUT2D eigenvalue weighted by Crippen LogP contribution is -2.22. The van der Waals surface area contributed by atoms with E-state index in [9.17, 15) is 9.90 Å². The third-order valence-electron chi connectivity index (χ3n) is 3.42. The Morgan fingerprint density at radius 2 is 2.27 bits per heavy atom. The molecule has 1 aliphatic rings. The molecule has 6 nitrogen and oxygen atoms in total. The number of rotatable bonds is 4. The van der Waals surface area contributed by atoms with Crippen molar-refractivity contribution in [2.45, 2.75) is 25.8 Å². The molecule has 1 aromatic carbocycles. The van der Waals surface area contributed by atoms with E-state index in [4.69, 9.17) is 5.73 Å². The summed E-state index contributed by atoms with van der Waals surface area (Å²) in [5, 5.41) is 15.4. The summed E-state index contributed by atoms with van der Waals surface area (Å²) in [7, 11) is 0. The van der Waals surface area contributed by atoms with Crippen LogP contribution in [0.4, 0.5) is 11.4 Å². The van der Waals surface area contributed by atoms with Crippen LogP contribution in [0.15, 0.2) is 29.4 Å². The van der Waals surface area contributed by atoms with Crippen molar-refractivity contribution in [2.24, 2.45) is 10.7 Å². The number of aliphatic hydroxyl groups is 1. The normalized spacial score (nSPS) is 16.0. The average molecular weight is 302 g/mol. The van der Waals surface area contributed by atoms with E-state index in [0.29, 0.717) is 13.0 Å². The van der Waals surface area contributed by atoms with Gasteiger partial charge in [-0.3, -0.25) is 9.79 Å². The molecule has 0 spiro atoms. The van der Waals surface area contributed by atoms with Crippen molar-refractivity contribution in [1.29, 1.82) is 0 Å².